The van der Waals surface area contributed by atoms with Crippen molar-refractivity contribution in [1.82, 2.24) is 0 Å². The minimum atomic E-state index is -0.617. The van der Waals surface area contributed by atoms with E-state index in [9.17, 15) is 14.4 Å². The molecule has 0 saturated carbocycles. The van der Waals surface area contributed by atoms with Crippen LogP contribution in [0, 0.1) is 0 Å². The molecule has 1 heterocycles. The van der Waals surface area contributed by atoms with Crippen molar-refractivity contribution in [3.8, 4) is 11.5 Å². The van der Waals surface area contributed by atoms with Gasteiger partial charge in [0, 0.05) is 16.6 Å². The number of benzene rings is 3. The number of thioether (sulfide) groups is 1. The first-order valence-electron chi connectivity index (χ1n) is 9.92. The van der Waals surface area contributed by atoms with Crippen LogP contribution in [0.2, 0.25) is 0 Å². The summed E-state index contributed by atoms with van der Waals surface area (Å²) in [6, 6.07) is 23.5. The van der Waals surface area contributed by atoms with Crippen molar-refractivity contribution in [2.75, 3.05) is 17.2 Å². The second-order valence-electron chi connectivity index (χ2n) is 6.95. The van der Waals surface area contributed by atoms with Gasteiger partial charge in [-0.1, -0.05) is 36.4 Å². The van der Waals surface area contributed by atoms with Crippen LogP contribution in [-0.4, -0.2) is 29.6 Å². The van der Waals surface area contributed by atoms with Crippen molar-refractivity contribution in [2.45, 2.75) is 16.6 Å². The highest BCUT2D eigenvalue weighted by molar-refractivity contribution is 8.01. The third-order valence-electron chi connectivity index (χ3n) is 4.52. The molecule has 2 amide bonds. The molecule has 4 rings (SSSR count). The molecule has 0 spiro atoms. The Kier molecular flexibility index (Phi) is 6.72. The Balaban J connectivity index is 1.26. The van der Waals surface area contributed by atoms with Gasteiger partial charge in [-0.3, -0.25) is 14.4 Å². The van der Waals surface area contributed by atoms with Crippen LogP contribution < -0.4 is 15.4 Å². The fourth-order valence-electron chi connectivity index (χ4n) is 3.04. The summed E-state index contributed by atoms with van der Waals surface area (Å²) >= 11 is 1.31. The molecule has 8 heteroatoms. The molecule has 32 heavy (non-hydrogen) atoms. The Morgan fingerprint density at radius 2 is 1.69 bits per heavy atom. The minimum absolute atomic E-state index is 0.126. The Labute approximate surface area is 189 Å². The molecule has 3 aromatic carbocycles. The zero-order chi connectivity index (χ0) is 22.3. The molecule has 0 aliphatic carbocycles. The first kappa shape index (κ1) is 21.5. The molecule has 3 aromatic rings. The molecule has 2 N–H and O–H groups in total. The van der Waals surface area contributed by atoms with Gasteiger partial charge >= 0.3 is 5.97 Å². The number of hydrogen-bond donors (Lipinski definition) is 2. The molecule has 1 aliphatic rings. The summed E-state index contributed by atoms with van der Waals surface area (Å²) in [5.41, 5.74) is 1.24. The van der Waals surface area contributed by atoms with Crippen LogP contribution in [0.5, 0.6) is 11.5 Å². The smallest absolute Gasteiger partial charge is 0.307 e. The molecule has 0 unspecified atom stereocenters. The van der Waals surface area contributed by atoms with Crippen LogP contribution in [0.15, 0.2) is 83.8 Å². The highest BCUT2D eigenvalue weighted by atomic mass is 32.2. The van der Waals surface area contributed by atoms with E-state index in [4.69, 9.17) is 9.47 Å². The number of nitrogens with one attached hydrogen (secondary N) is 2. The number of carbonyl (C=O) groups is 3. The quantitative estimate of drug-likeness (QED) is 0.518. The SMILES string of the molecule is O=C(COC(=O)C[C@@H]1Sc2ccccc2NC1=O)Nc1cccc(Oc2ccccc2)c1. The van der Waals surface area contributed by atoms with Gasteiger partial charge in [0.2, 0.25) is 5.91 Å². The lowest BCUT2D eigenvalue weighted by atomic mass is 10.2. The van der Waals surface area contributed by atoms with Gasteiger partial charge < -0.3 is 20.1 Å². The van der Waals surface area contributed by atoms with Crippen molar-refractivity contribution in [3.63, 3.8) is 0 Å². The van der Waals surface area contributed by atoms with E-state index in [1.165, 1.54) is 11.8 Å². The molecular formula is C24H20N2O5S. The average molecular weight is 449 g/mol. The van der Waals surface area contributed by atoms with Crippen LogP contribution in [0.3, 0.4) is 0 Å². The molecule has 7 nitrogen and oxygen atoms in total. The first-order valence-corrected chi connectivity index (χ1v) is 10.8. The van der Waals surface area contributed by atoms with E-state index in [1.807, 2.05) is 48.5 Å². The monoisotopic (exact) mass is 448 g/mol. The summed E-state index contributed by atoms with van der Waals surface area (Å²) in [5.74, 6) is -0.122. The Bertz CT molecular complexity index is 1140. The third-order valence-corrected chi connectivity index (χ3v) is 5.79. The summed E-state index contributed by atoms with van der Waals surface area (Å²) in [5, 5.41) is 4.84. The van der Waals surface area contributed by atoms with Gasteiger partial charge in [0.15, 0.2) is 6.61 Å². The Hall–Kier alpha value is -3.78. The fourth-order valence-corrected chi connectivity index (χ4v) is 4.14. The van der Waals surface area contributed by atoms with E-state index >= 15 is 0 Å². The standard InChI is InChI=1S/C24H20N2O5S/c27-22(25-16-7-6-10-18(13-16)31-17-8-2-1-3-9-17)15-30-23(28)14-21-24(29)26-19-11-4-5-12-20(19)32-21/h1-13,21H,14-15H2,(H,25,27)(H,26,29)/t21-/m0/s1. The normalized spacial score (nSPS) is 14.6. The first-order chi connectivity index (χ1) is 15.6. The van der Waals surface area contributed by atoms with E-state index in [1.54, 1.807) is 30.3 Å². The van der Waals surface area contributed by atoms with Crippen LogP contribution in [-0.2, 0) is 19.1 Å². The summed E-state index contributed by atoms with van der Waals surface area (Å²) in [6.45, 7) is -0.446. The van der Waals surface area contributed by atoms with Gasteiger partial charge in [0.1, 0.15) is 11.5 Å². The van der Waals surface area contributed by atoms with Crippen molar-refractivity contribution in [1.29, 1.82) is 0 Å². The second kappa shape index (κ2) is 10.0. The van der Waals surface area contributed by atoms with Crippen LogP contribution in [0.4, 0.5) is 11.4 Å². The molecule has 1 aliphatic heterocycles. The zero-order valence-corrected chi connectivity index (χ0v) is 17.8. The van der Waals surface area contributed by atoms with E-state index in [0.29, 0.717) is 17.2 Å². The summed E-state index contributed by atoms with van der Waals surface area (Å²) < 4.78 is 10.8. The molecule has 0 radical (unpaired) electrons. The van der Waals surface area contributed by atoms with Crippen LogP contribution in [0.1, 0.15) is 6.42 Å². The molecule has 162 valence electrons. The van der Waals surface area contributed by atoms with E-state index in [0.717, 1.165) is 10.6 Å². The number of hydrogen-bond acceptors (Lipinski definition) is 6. The largest absolute Gasteiger partial charge is 0.457 e. The van der Waals surface area contributed by atoms with Gasteiger partial charge in [0.25, 0.3) is 5.91 Å². The lowest BCUT2D eigenvalue weighted by Crippen LogP contribution is -2.32. The molecule has 0 fully saturated rings. The Morgan fingerprint density at radius 1 is 0.938 bits per heavy atom. The summed E-state index contributed by atoms with van der Waals surface area (Å²) in [4.78, 5) is 37.5. The van der Waals surface area contributed by atoms with Gasteiger partial charge in [0.05, 0.1) is 17.4 Å². The van der Waals surface area contributed by atoms with Gasteiger partial charge in [-0.25, -0.2) is 0 Å². The molecule has 0 saturated heterocycles. The fraction of sp³-hybridized carbons (Fsp3) is 0.125. The van der Waals surface area contributed by atoms with Crippen molar-refractivity contribution in [3.05, 3.63) is 78.9 Å². The number of esters is 1. The maximum Gasteiger partial charge on any atom is 0.307 e. The third kappa shape index (κ3) is 5.67. The maximum atomic E-state index is 12.2. The van der Waals surface area contributed by atoms with Gasteiger partial charge in [-0.05, 0) is 36.4 Å². The topological polar surface area (TPSA) is 93.7 Å². The van der Waals surface area contributed by atoms with Gasteiger partial charge in [-0.2, -0.15) is 0 Å². The van der Waals surface area contributed by atoms with E-state index in [2.05, 4.69) is 10.6 Å². The van der Waals surface area contributed by atoms with Crippen molar-refractivity contribution in [2.24, 2.45) is 0 Å². The van der Waals surface area contributed by atoms with Crippen LogP contribution >= 0.6 is 11.8 Å². The number of carbonyl (C=O) groups excluding carboxylic acids is 3. The predicted octanol–water partition coefficient (Wildman–Crippen LogP) is 4.46. The van der Waals surface area contributed by atoms with E-state index in [-0.39, 0.29) is 12.3 Å². The average Bonchev–Trinajstić information content (AvgIpc) is 2.79. The minimum Gasteiger partial charge on any atom is -0.457 e. The van der Waals surface area contributed by atoms with Gasteiger partial charge in [-0.15, -0.1) is 11.8 Å². The summed E-state index contributed by atoms with van der Waals surface area (Å²) in [6.07, 6.45) is -0.126. The second-order valence-corrected chi connectivity index (χ2v) is 8.19. The molecule has 0 aromatic heterocycles. The highest BCUT2D eigenvalue weighted by Crippen LogP contribution is 2.36. The predicted molar refractivity (Wildman–Crippen MR) is 122 cm³/mol. The van der Waals surface area contributed by atoms with E-state index < -0.39 is 23.7 Å². The lowest BCUT2D eigenvalue weighted by molar-refractivity contribution is -0.147. The number of anilines is 2. The maximum absolute atomic E-state index is 12.2. The lowest BCUT2D eigenvalue weighted by Gasteiger charge is -2.23. The zero-order valence-electron chi connectivity index (χ0n) is 16.9. The Morgan fingerprint density at radius 3 is 2.53 bits per heavy atom. The molecule has 0 bridgehead atoms. The molecule has 1 atom stereocenters. The van der Waals surface area contributed by atoms with Crippen LogP contribution in [0.25, 0.3) is 0 Å². The number of para-hydroxylation sites is 2. The molecular weight excluding hydrogens is 428 g/mol. The highest BCUT2D eigenvalue weighted by Gasteiger charge is 2.29. The summed E-state index contributed by atoms with van der Waals surface area (Å²) in [7, 11) is 0. The van der Waals surface area contributed by atoms with Crippen molar-refractivity contribution < 1.29 is 23.9 Å². The number of rotatable bonds is 7. The number of ether oxygens (including phenoxy) is 2. The number of fused-ring (bicyclic) bond motifs is 1. The van der Waals surface area contributed by atoms with Crippen molar-refractivity contribution >= 4 is 40.9 Å². The number of amides is 2.